The van der Waals surface area contributed by atoms with E-state index >= 15 is 0 Å². The fraction of sp³-hybridized carbons (Fsp3) is 0.0909. The molecule has 1 aromatic carbocycles. The quantitative estimate of drug-likeness (QED) is 0.842. The van der Waals surface area contributed by atoms with E-state index in [1.54, 1.807) is 19.2 Å². The number of carboxylic acids is 1. The second-order valence-corrected chi connectivity index (χ2v) is 3.34. The molecule has 2 rings (SSSR count). The van der Waals surface area contributed by atoms with Crippen LogP contribution < -0.4 is 0 Å². The van der Waals surface area contributed by atoms with Gasteiger partial charge < -0.3 is 5.11 Å². The molecule has 0 aliphatic rings. The fourth-order valence-electron chi connectivity index (χ4n) is 1.46. The molecule has 0 saturated heterocycles. The lowest BCUT2D eigenvalue weighted by molar-refractivity contribution is 0.0691. The molecule has 0 amide bonds. The minimum absolute atomic E-state index is 0.223. The van der Waals surface area contributed by atoms with Crippen molar-refractivity contribution in [3.63, 3.8) is 0 Å². The molecule has 1 heterocycles. The van der Waals surface area contributed by atoms with Gasteiger partial charge in [-0.15, -0.1) is 0 Å². The Bertz CT molecular complexity index is 549. The lowest BCUT2D eigenvalue weighted by Gasteiger charge is -2.06. The maximum atomic E-state index is 13.4. The van der Waals surface area contributed by atoms with Gasteiger partial charge in [0.1, 0.15) is 11.4 Å². The molecule has 0 saturated carbocycles. The first-order valence-electron chi connectivity index (χ1n) is 4.64. The van der Waals surface area contributed by atoms with Crippen LogP contribution in [0.25, 0.3) is 5.69 Å². The Morgan fingerprint density at radius 2 is 2.19 bits per heavy atom. The summed E-state index contributed by atoms with van der Waals surface area (Å²) < 4.78 is 14.7. The van der Waals surface area contributed by atoms with Gasteiger partial charge in [0.05, 0.1) is 11.4 Å². The highest BCUT2D eigenvalue weighted by Crippen LogP contribution is 2.17. The number of aromatic nitrogens is 2. The summed E-state index contributed by atoms with van der Waals surface area (Å²) in [4.78, 5) is 10.9. The van der Waals surface area contributed by atoms with E-state index in [1.807, 2.05) is 0 Å². The van der Waals surface area contributed by atoms with Gasteiger partial charge in [-0.2, -0.15) is 5.10 Å². The Labute approximate surface area is 90.9 Å². The van der Waals surface area contributed by atoms with Crippen molar-refractivity contribution < 1.29 is 14.3 Å². The third-order valence-corrected chi connectivity index (χ3v) is 2.17. The molecule has 2 aromatic rings. The topological polar surface area (TPSA) is 55.1 Å². The maximum Gasteiger partial charge on any atom is 0.340 e. The molecule has 1 N–H and O–H groups in total. The highest BCUT2D eigenvalue weighted by Gasteiger charge is 2.17. The zero-order chi connectivity index (χ0) is 11.7. The largest absolute Gasteiger partial charge is 0.478 e. The van der Waals surface area contributed by atoms with Gasteiger partial charge in [-0.05, 0) is 25.1 Å². The van der Waals surface area contributed by atoms with Gasteiger partial charge in [0.25, 0.3) is 0 Å². The molecule has 0 spiro atoms. The molecule has 0 radical (unpaired) electrons. The predicted molar refractivity (Wildman–Crippen MR) is 55.2 cm³/mol. The number of nitrogens with zero attached hydrogens (tertiary/aromatic N) is 2. The number of hydrogen-bond acceptors (Lipinski definition) is 2. The van der Waals surface area contributed by atoms with Crippen molar-refractivity contribution >= 4 is 5.97 Å². The van der Waals surface area contributed by atoms with Crippen LogP contribution in [0, 0.1) is 12.7 Å². The number of halogens is 1. The number of aromatic carboxylic acids is 1. The third-order valence-electron chi connectivity index (χ3n) is 2.17. The van der Waals surface area contributed by atoms with E-state index in [-0.39, 0.29) is 11.3 Å². The molecule has 0 unspecified atom stereocenters. The highest BCUT2D eigenvalue weighted by molar-refractivity contribution is 5.92. The molecule has 0 aliphatic carbocycles. The van der Waals surface area contributed by atoms with E-state index in [0.29, 0.717) is 0 Å². The van der Waals surface area contributed by atoms with Gasteiger partial charge in [0.2, 0.25) is 0 Å². The van der Waals surface area contributed by atoms with Crippen LogP contribution in [0.3, 0.4) is 0 Å². The molecule has 0 atom stereocenters. The summed E-state index contributed by atoms with van der Waals surface area (Å²) in [5, 5.41) is 13.0. The van der Waals surface area contributed by atoms with Gasteiger partial charge in [0, 0.05) is 6.20 Å². The van der Waals surface area contributed by atoms with Gasteiger partial charge >= 0.3 is 5.97 Å². The standard InChI is InChI=1S/C11H9FN2O2/c1-7-5-6-14(13-7)9-4-2-3-8(12)10(9)11(15)16/h2-6H,1H3,(H,15,16). The Balaban J connectivity index is 2.65. The molecule has 16 heavy (non-hydrogen) atoms. The van der Waals surface area contributed by atoms with Gasteiger partial charge in [-0.3, -0.25) is 0 Å². The van der Waals surface area contributed by atoms with E-state index in [1.165, 1.54) is 16.8 Å². The van der Waals surface area contributed by atoms with Crippen LogP contribution >= 0.6 is 0 Å². The minimum atomic E-state index is -1.30. The second kappa shape index (κ2) is 3.77. The summed E-state index contributed by atoms with van der Waals surface area (Å²) in [5.74, 6) is -2.07. The Hall–Kier alpha value is -2.17. The number of carboxylic acid groups (broad SMARTS) is 1. The zero-order valence-electron chi connectivity index (χ0n) is 8.51. The first kappa shape index (κ1) is 10.4. The maximum absolute atomic E-state index is 13.4. The number of carbonyl (C=O) groups is 1. The van der Waals surface area contributed by atoms with Crippen molar-refractivity contribution in [3.8, 4) is 5.69 Å². The molecule has 4 nitrogen and oxygen atoms in total. The Morgan fingerprint density at radius 3 is 2.75 bits per heavy atom. The number of aryl methyl sites for hydroxylation is 1. The summed E-state index contributed by atoms with van der Waals surface area (Å²) in [7, 11) is 0. The average molecular weight is 220 g/mol. The summed E-state index contributed by atoms with van der Waals surface area (Å²) in [5.41, 5.74) is 0.590. The van der Waals surface area contributed by atoms with Crippen LogP contribution in [-0.4, -0.2) is 20.9 Å². The van der Waals surface area contributed by atoms with Crippen molar-refractivity contribution in [2.75, 3.05) is 0 Å². The monoisotopic (exact) mass is 220 g/mol. The fourth-order valence-corrected chi connectivity index (χ4v) is 1.46. The number of benzene rings is 1. The van der Waals surface area contributed by atoms with Crippen molar-refractivity contribution in [2.24, 2.45) is 0 Å². The van der Waals surface area contributed by atoms with Crippen LogP contribution in [-0.2, 0) is 0 Å². The Kier molecular flexibility index (Phi) is 2.44. The van der Waals surface area contributed by atoms with E-state index in [0.717, 1.165) is 11.8 Å². The zero-order valence-corrected chi connectivity index (χ0v) is 8.51. The Morgan fingerprint density at radius 1 is 1.44 bits per heavy atom. The average Bonchev–Trinajstić information content (AvgIpc) is 2.63. The summed E-state index contributed by atoms with van der Waals surface area (Å²) in [6.45, 7) is 1.77. The lowest BCUT2D eigenvalue weighted by Crippen LogP contribution is -2.08. The molecule has 0 aliphatic heterocycles. The van der Waals surface area contributed by atoms with Crippen LogP contribution in [0.1, 0.15) is 16.1 Å². The molecule has 82 valence electrons. The van der Waals surface area contributed by atoms with Gasteiger partial charge in [-0.25, -0.2) is 13.9 Å². The minimum Gasteiger partial charge on any atom is -0.478 e. The SMILES string of the molecule is Cc1ccn(-c2cccc(F)c2C(=O)O)n1. The van der Waals surface area contributed by atoms with E-state index < -0.39 is 11.8 Å². The van der Waals surface area contributed by atoms with Gasteiger partial charge in [0.15, 0.2) is 0 Å². The summed E-state index contributed by atoms with van der Waals surface area (Å²) in [6.07, 6.45) is 1.59. The van der Waals surface area contributed by atoms with Crippen molar-refractivity contribution in [2.45, 2.75) is 6.92 Å². The summed E-state index contributed by atoms with van der Waals surface area (Å²) >= 11 is 0. The highest BCUT2D eigenvalue weighted by atomic mass is 19.1. The smallest absolute Gasteiger partial charge is 0.340 e. The van der Waals surface area contributed by atoms with Crippen LogP contribution in [0.2, 0.25) is 0 Å². The van der Waals surface area contributed by atoms with Crippen LogP contribution in [0.4, 0.5) is 4.39 Å². The van der Waals surface area contributed by atoms with Crippen LogP contribution in [0.5, 0.6) is 0 Å². The van der Waals surface area contributed by atoms with E-state index in [4.69, 9.17) is 5.11 Å². The number of rotatable bonds is 2. The van der Waals surface area contributed by atoms with Crippen molar-refractivity contribution in [1.82, 2.24) is 9.78 Å². The second-order valence-electron chi connectivity index (χ2n) is 3.34. The molecule has 0 bridgehead atoms. The predicted octanol–water partition coefficient (Wildman–Crippen LogP) is 2.02. The van der Waals surface area contributed by atoms with Gasteiger partial charge in [-0.1, -0.05) is 6.07 Å². The lowest BCUT2D eigenvalue weighted by atomic mass is 10.1. The van der Waals surface area contributed by atoms with Crippen molar-refractivity contribution in [3.05, 3.63) is 47.5 Å². The summed E-state index contributed by atoms with van der Waals surface area (Å²) in [6, 6.07) is 5.80. The molecular formula is C11H9FN2O2. The number of hydrogen-bond donors (Lipinski definition) is 1. The van der Waals surface area contributed by atoms with Crippen molar-refractivity contribution in [1.29, 1.82) is 0 Å². The first-order chi connectivity index (χ1) is 7.59. The van der Waals surface area contributed by atoms with E-state index in [2.05, 4.69) is 5.10 Å². The normalized spacial score (nSPS) is 10.4. The van der Waals surface area contributed by atoms with E-state index in [9.17, 15) is 9.18 Å². The first-order valence-corrected chi connectivity index (χ1v) is 4.64. The molecular weight excluding hydrogens is 211 g/mol. The molecule has 5 heteroatoms. The van der Waals surface area contributed by atoms with Crippen LogP contribution in [0.15, 0.2) is 30.5 Å². The molecule has 1 aromatic heterocycles. The molecule has 0 fully saturated rings. The third kappa shape index (κ3) is 1.67.